The van der Waals surface area contributed by atoms with E-state index in [1.165, 1.54) is 0 Å². The molecule has 0 aliphatic rings. The minimum absolute atomic E-state index is 0.114. The van der Waals surface area contributed by atoms with Gasteiger partial charge in [-0.15, -0.1) is 0 Å². The van der Waals surface area contributed by atoms with Crippen molar-refractivity contribution >= 4 is 16.9 Å². The second kappa shape index (κ2) is 6.39. The molecule has 0 bridgehead atoms. The third kappa shape index (κ3) is 3.08. The Kier molecular flexibility index (Phi) is 4.85. The third-order valence-electron chi connectivity index (χ3n) is 5.04. The Morgan fingerprint density at radius 2 is 2.04 bits per heavy atom. The maximum atomic E-state index is 12.5. The fourth-order valence-electron chi connectivity index (χ4n) is 2.86. The topological polar surface area (TPSA) is 106 Å². The first-order valence-corrected chi connectivity index (χ1v) is 8.16. The van der Waals surface area contributed by atoms with Crippen LogP contribution in [0, 0.1) is 19.8 Å². The SMILES string of the molecule is Cc1nc2c(c(C)c1CC(=O)NC(C)(CN)C(C)C)c(=O)[nH]n2C. The van der Waals surface area contributed by atoms with Gasteiger partial charge in [-0.05, 0) is 37.8 Å². The first-order chi connectivity index (χ1) is 11.1. The van der Waals surface area contributed by atoms with Crippen LogP contribution in [0.15, 0.2) is 4.79 Å². The standard InChI is InChI=1S/C17H27N5O2/c1-9(2)17(5,8-18)20-13(23)7-12-10(3)14-15(19-11(12)4)22(6)21-16(14)24/h9H,7-8,18H2,1-6H3,(H,20,23)(H,21,24). The first-order valence-electron chi connectivity index (χ1n) is 8.16. The van der Waals surface area contributed by atoms with Crippen LogP contribution >= 0.6 is 0 Å². The predicted octanol–water partition coefficient (Wildman–Crippen LogP) is 0.911. The molecule has 4 N–H and O–H groups in total. The molecular weight excluding hydrogens is 306 g/mol. The molecule has 7 heteroatoms. The van der Waals surface area contributed by atoms with Crippen molar-refractivity contribution in [1.29, 1.82) is 0 Å². The molecule has 132 valence electrons. The van der Waals surface area contributed by atoms with Gasteiger partial charge in [0.05, 0.1) is 17.3 Å². The molecule has 0 saturated carbocycles. The average molecular weight is 333 g/mol. The van der Waals surface area contributed by atoms with Gasteiger partial charge in [0, 0.05) is 19.3 Å². The molecule has 0 fully saturated rings. The van der Waals surface area contributed by atoms with Gasteiger partial charge in [0.1, 0.15) is 0 Å². The molecule has 2 aromatic heterocycles. The van der Waals surface area contributed by atoms with Gasteiger partial charge in [-0.25, -0.2) is 4.98 Å². The number of pyridine rings is 1. The molecule has 2 aromatic rings. The Morgan fingerprint density at radius 1 is 1.42 bits per heavy atom. The number of aryl methyl sites for hydroxylation is 3. The van der Waals surface area contributed by atoms with Crippen molar-refractivity contribution < 1.29 is 4.79 Å². The van der Waals surface area contributed by atoms with Gasteiger partial charge < -0.3 is 11.1 Å². The van der Waals surface area contributed by atoms with E-state index in [9.17, 15) is 9.59 Å². The van der Waals surface area contributed by atoms with Crippen LogP contribution in [0.3, 0.4) is 0 Å². The molecule has 7 nitrogen and oxygen atoms in total. The minimum Gasteiger partial charge on any atom is -0.349 e. The largest absolute Gasteiger partial charge is 0.349 e. The van der Waals surface area contributed by atoms with Crippen molar-refractivity contribution in [2.45, 2.75) is 46.6 Å². The van der Waals surface area contributed by atoms with Gasteiger partial charge in [-0.3, -0.25) is 19.4 Å². The van der Waals surface area contributed by atoms with Crippen molar-refractivity contribution in [1.82, 2.24) is 20.1 Å². The summed E-state index contributed by atoms with van der Waals surface area (Å²) in [5, 5.41) is 6.28. The fraction of sp³-hybridized carbons (Fsp3) is 0.588. The van der Waals surface area contributed by atoms with Crippen LogP contribution in [-0.2, 0) is 18.3 Å². The summed E-state index contributed by atoms with van der Waals surface area (Å²) in [5.74, 6) is 0.0996. The lowest BCUT2D eigenvalue weighted by atomic mass is 9.88. The Hall–Kier alpha value is -2.15. The molecule has 1 amide bonds. The zero-order valence-electron chi connectivity index (χ0n) is 15.3. The Morgan fingerprint density at radius 3 is 2.58 bits per heavy atom. The summed E-state index contributed by atoms with van der Waals surface area (Å²) in [5.41, 5.74) is 8.14. The van der Waals surface area contributed by atoms with Crippen LogP contribution in [0.5, 0.6) is 0 Å². The van der Waals surface area contributed by atoms with E-state index < -0.39 is 5.54 Å². The number of aromatic nitrogens is 3. The summed E-state index contributed by atoms with van der Waals surface area (Å²) in [7, 11) is 1.75. The summed E-state index contributed by atoms with van der Waals surface area (Å²) >= 11 is 0. The monoisotopic (exact) mass is 333 g/mol. The zero-order chi connectivity index (χ0) is 18.2. The van der Waals surface area contributed by atoms with E-state index in [2.05, 4.69) is 15.4 Å². The lowest BCUT2D eigenvalue weighted by molar-refractivity contribution is -0.122. The normalized spacial score (nSPS) is 14.2. The van der Waals surface area contributed by atoms with Gasteiger partial charge in [-0.2, -0.15) is 0 Å². The number of fused-ring (bicyclic) bond motifs is 1. The van der Waals surface area contributed by atoms with Crippen LogP contribution in [-0.4, -0.2) is 32.8 Å². The van der Waals surface area contributed by atoms with E-state index >= 15 is 0 Å². The number of aromatic amines is 1. The number of H-pyrrole nitrogens is 1. The van der Waals surface area contributed by atoms with Crippen LogP contribution in [0.25, 0.3) is 11.0 Å². The van der Waals surface area contributed by atoms with E-state index in [1.807, 2.05) is 34.6 Å². The van der Waals surface area contributed by atoms with Crippen LogP contribution < -0.4 is 16.6 Å². The lowest BCUT2D eigenvalue weighted by Gasteiger charge is -2.33. The average Bonchev–Trinajstić information content (AvgIpc) is 2.77. The van der Waals surface area contributed by atoms with E-state index in [0.29, 0.717) is 17.6 Å². The second-order valence-corrected chi connectivity index (χ2v) is 7.00. The number of nitrogens with zero attached hydrogens (tertiary/aromatic N) is 2. The Balaban J connectivity index is 2.38. The minimum atomic E-state index is -0.458. The molecule has 0 radical (unpaired) electrons. The summed E-state index contributed by atoms with van der Waals surface area (Å²) in [6.45, 7) is 10.1. The highest BCUT2D eigenvalue weighted by molar-refractivity contribution is 5.85. The second-order valence-electron chi connectivity index (χ2n) is 7.00. The lowest BCUT2D eigenvalue weighted by Crippen LogP contribution is -2.55. The maximum Gasteiger partial charge on any atom is 0.273 e. The smallest absolute Gasteiger partial charge is 0.273 e. The molecule has 0 aliphatic heterocycles. The number of carbonyl (C=O) groups excluding carboxylic acids is 1. The van der Waals surface area contributed by atoms with Crippen LogP contribution in [0.2, 0.25) is 0 Å². The van der Waals surface area contributed by atoms with Crippen molar-refractivity contribution in [3.63, 3.8) is 0 Å². The molecule has 2 heterocycles. The van der Waals surface area contributed by atoms with E-state index in [-0.39, 0.29) is 23.8 Å². The van der Waals surface area contributed by atoms with E-state index in [0.717, 1.165) is 16.8 Å². The first kappa shape index (κ1) is 18.2. The maximum absolute atomic E-state index is 12.5. The molecule has 2 rings (SSSR count). The summed E-state index contributed by atoms with van der Waals surface area (Å²) in [6, 6.07) is 0. The number of rotatable bonds is 5. The summed E-state index contributed by atoms with van der Waals surface area (Å²) in [4.78, 5) is 29.1. The Bertz CT molecular complexity index is 834. The number of hydrogen-bond acceptors (Lipinski definition) is 4. The summed E-state index contributed by atoms with van der Waals surface area (Å²) in [6.07, 6.45) is 0.178. The van der Waals surface area contributed by atoms with Gasteiger partial charge in [-0.1, -0.05) is 13.8 Å². The highest BCUT2D eigenvalue weighted by Crippen LogP contribution is 2.21. The molecule has 24 heavy (non-hydrogen) atoms. The molecule has 0 saturated heterocycles. The molecule has 1 unspecified atom stereocenters. The highest BCUT2D eigenvalue weighted by atomic mass is 16.1. The van der Waals surface area contributed by atoms with Crippen molar-refractivity contribution in [3.8, 4) is 0 Å². The van der Waals surface area contributed by atoms with E-state index in [1.54, 1.807) is 11.7 Å². The fourth-order valence-corrected chi connectivity index (χ4v) is 2.86. The van der Waals surface area contributed by atoms with Gasteiger partial charge in [0.15, 0.2) is 5.65 Å². The summed E-state index contributed by atoms with van der Waals surface area (Å²) < 4.78 is 1.60. The van der Waals surface area contributed by atoms with Crippen molar-refractivity contribution in [2.75, 3.05) is 6.54 Å². The predicted molar refractivity (Wildman–Crippen MR) is 95.0 cm³/mol. The molecule has 0 aromatic carbocycles. The molecule has 0 aliphatic carbocycles. The van der Waals surface area contributed by atoms with Crippen LogP contribution in [0.4, 0.5) is 0 Å². The van der Waals surface area contributed by atoms with Crippen molar-refractivity contribution in [2.24, 2.45) is 18.7 Å². The van der Waals surface area contributed by atoms with Crippen molar-refractivity contribution in [3.05, 3.63) is 27.2 Å². The highest BCUT2D eigenvalue weighted by Gasteiger charge is 2.29. The molecular formula is C17H27N5O2. The third-order valence-corrected chi connectivity index (χ3v) is 5.04. The molecule has 1 atom stereocenters. The zero-order valence-corrected chi connectivity index (χ0v) is 15.3. The van der Waals surface area contributed by atoms with Gasteiger partial charge >= 0.3 is 0 Å². The molecule has 0 spiro atoms. The van der Waals surface area contributed by atoms with Crippen LogP contribution in [0.1, 0.15) is 37.6 Å². The van der Waals surface area contributed by atoms with Gasteiger partial charge in [0.25, 0.3) is 5.56 Å². The number of carbonyl (C=O) groups is 1. The Labute approximate surface area is 141 Å². The number of nitrogens with one attached hydrogen (secondary N) is 2. The number of nitrogens with two attached hydrogens (primary N) is 1. The number of amides is 1. The van der Waals surface area contributed by atoms with Gasteiger partial charge in [0.2, 0.25) is 5.91 Å². The number of hydrogen-bond donors (Lipinski definition) is 3. The van der Waals surface area contributed by atoms with E-state index in [4.69, 9.17) is 5.73 Å². The quantitative estimate of drug-likeness (QED) is 0.756.